The highest BCUT2D eigenvalue weighted by Gasteiger charge is 2.04. The first-order valence-corrected chi connectivity index (χ1v) is 5.19. The fourth-order valence-corrected chi connectivity index (χ4v) is 1.17. The minimum atomic E-state index is -0.343. The van der Waals surface area contributed by atoms with Gasteiger partial charge in [-0.1, -0.05) is 11.8 Å². The van der Waals surface area contributed by atoms with E-state index in [0.29, 0.717) is 17.7 Å². The van der Waals surface area contributed by atoms with Crippen LogP contribution in [0, 0.1) is 17.7 Å². The van der Waals surface area contributed by atoms with Gasteiger partial charge in [-0.25, -0.2) is 4.39 Å². The predicted molar refractivity (Wildman–Crippen MR) is 60.7 cm³/mol. The molecule has 2 nitrogen and oxygen atoms in total. The molecule has 0 aliphatic carbocycles. The summed E-state index contributed by atoms with van der Waals surface area (Å²) in [7, 11) is 0. The molecule has 1 rings (SSSR count). The van der Waals surface area contributed by atoms with Crippen molar-refractivity contribution in [2.45, 2.75) is 26.4 Å². The third kappa shape index (κ3) is 3.92. The van der Waals surface area contributed by atoms with E-state index in [1.54, 1.807) is 6.07 Å². The van der Waals surface area contributed by atoms with Gasteiger partial charge in [-0.3, -0.25) is 0 Å². The second-order valence-corrected chi connectivity index (χ2v) is 3.58. The van der Waals surface area contributed by atoms with Gasteiger partial charge in [0.15, 0.2) is 0 Å². The van der Waals surface area contributed by atoms with Crippen LogP contribution in [0.5, 0.6) is 5.75 Å². The van der Waals surface area contributed by atoms with Crippen molar-refractivity contribution in [1.29, 1.82) is 0 Å². The van der Waals surface area contributed by atoms with E-state index in [1.807, 2.05) is 13.8 Å². The van der Waals surface area contributed by atoms with Crippen molar-refractivity contribution in [1.82, 2.24) is 0 Å². The fraction of sp³-hybridized carbons (Fsp3) is 0.385. The lowest BCUT2D eigenvalue weighted by Gasteiger charge is -2.11. The SMILES string of the molecule is CC(C)Oc1ccc(F)cc1C#CCCO. The molecule has 86 valence electrons. The van der Waals surface area contributed by atoms with E-state index in [9.17, 15) is 4.39 Å². The van der Waals surface area contributed by atoms with Gasteiger partial charge in [-0.2, -0.15) is 0 Å². The standard InChI is InChI=1S/C13H15FO2/c1-10(2)16-13-7-6-12(14)9-11(13)5-3-4-8-15/h6-7,9-10,15H,4,8H2,1-2H3. The number of rotatable bonds is 3. The van der Waals surface area contributed by atoms with Gasteiger partial charge in [-0.15, -0.1) is 0 Å². The summed E-state index contributed by atoms with van der Waals surface area (Å²) < 4.78 is 18.5. The molecule has 3 heteroatoms. The number of aliphatic hydroxyl groups is 1. The van der Waals surface area contributed by atoms with Crippen molar-refractivity contribution in [2.24, 2.45) is 0 Å². The Morgan fingerprint density at radius 3 is 2.81 bits per heavy atom. The minimum Gasteiger partial charge on any atom is -0.490 e. The van der Waals surface area contributed by atoms with Crippen LogP contribution >= 0.6 is 0 Å². The highest BCUT2D eigenvalue weighted by Crippen LogP contribution is 2.19. The van der Waals surface area contributed by atoms with Crippen molar-refractivity contribution in [3.63, 3.8) is 0 Å². The number of hydrogen-bond acceptors (Lipinski definition) is 2. The summed E-state index contributed by atoms with van der Waals surface area (Å²) in [6, 6.07) is 4.25. The summed E-state index contributed by atoms with van der Waals surface area (Å²) >= 11 is 0. The van der Waals surface area contributed by atoms with Crippen LogP contribution in [0.25, 0.3) is 0 Å². The van der Waals surface area contributed by atoms with Crippen molar-refractivity contribution >= 4 is 0 Å². The molecule has 0 bridgehead atoms. The van der Waals surface area contributed by atoms with Gasteiger partial charge < -0.3 is 9.84 Å². The Morgan fingerprint density at radius 1 is 1.44 bits per heavy atom. The molecule has 1 N–H and O–H groups in total. The molecule has 16 heavy (non-hydrogen) atoms. The second-order valence-electron chi connectivity index (χ2n) is 3.58. The largest absolute Gasteiger partial charge is 0.490 e. The van der Waals surface area contributed by atoms with E-state index in [4.69, 9.17) is 9.84 Å². The first-order valence-electron chi connectivity index (χ1n) is 5.19. The van der Waals surface area contributed by atoms with E-state index in [0.717, 1.165) is 0 Å². The Hall–Kier alpha value is -1.53. The quantitative estimate of drug-likeness (QED) is 0.795. The zero-order valence-electron chi connectivity index (χ0n) is 9.46. The van der Waals surface area contributed by atoms with Crippen molar-refractivity contribution in [3.05, 3.63) is 29.6 Å². The average molecular weight is 222 g/mol. The third-order valence-electron chi connectivity index (χ3n) is 1.76. The Balaban J connectivity index is 2.95. The Labute approximate surface area is 95.1 Å². The molecule has 0 aliphatic rings. The number of hydrogen-bond donors (Lipinski definition) is 1. The number of halogens is 1. The molecule has 0 heterocycles. The van der Waals surface area contributed by atoms with E-state index in [1.165, 1.54) is 12.1 Å². The number of ether oxygens (including phenoxy) is 1. The molecule has 0 radical (unpaired) electrons. The lowest BCUT2D eigenvalue weighted by Crippen LogP contribution is -2.06. The summed E-state index contributed by atoms with van der Waals surface area (Å²) in [6.07, 6.45) is 0.390. The van der Waals surface area contributed by atoms with Gasteiger partial charge >= 0.3 is 0 Å². The zero-order chi connectivity index (χ0) is 12.0. The minimum absolute atomic E-state index is 0.00267. The molecular formula is C13H15FO2. The molecule has 0 unspecified atom stereocenters. The first-order chi connectivity index (χ1) is 7.63. The van der Waals surface area contributed by atoms with E-state index in [2.05, 4.69) is 11.8 Å². The molecule has 0 fully saturated rings. The predicted octanol–water partition coefficient (Wildman–Crippen LogP) is 2.35. The normalized spacial score (nSPS) is 9.81. The molecule has 1 aromatic carbocycles. The summed E-state index contributed by atoms with van der Waals surface area (Å²) in [5, 5.41) is 8.61. The summed E-state index contributed by atoms with van der Waals surface area (Å²) in [4.78, 5) is 0. The molecule has 0 aliphatic heterocycles. The topological polar surface area (TPSA) is 29.5 Å². The van der Waals surface area contributed by atoms with Crippen LogP contribution in [0.4, 0.5) is 4.39 Å². The smallest absolute Gasteiger partial charge is 0.135 e. The molecular weight excluding hydrogens is 207 g/mol. The Kier molecular flexibility index (Phi) is 4.81. The van der Waals surface area contributed by atoms with Crippen LogP contribution in [-0.2, 0) is 0 Å². The van der Waals surface area contributed by atoms with E-state index >= 15 is 0 Å². The van der Waals surface area contributed by atoms with Crippen molar-refractivity contribution in [3.8, 4) is 17.6 Å². The van der Waals surface area contributed by atoms with Crippen LogP contribution < -0.4 is 4.74 Å². The number of aliphatic hydroxyl groups excluding tert-OH is 1. The molecule has 0 saturated carbocycles. The van der Waals surface area contributed by atoms with E-state index < -0.39 is 0 Å². The third-order valence-corrected chi connectivity index (χ3v) is 1.76. The van der Waals surface area contributed by atoms with E-state index in [-0.39, 0.29) is 18.5 Å². The molecule has 0 aromatic heterocycles. The maximum absolute atomic E-state index is 13.0. The van der Waals surface area contributed by atoms with Crippen LogP contribution in [0.1, 0.15) is 25.8 Å². The fourth-order valence-electron chi connectivity index (χ4n) is 1.17. The van der Waals surface area contributed by atoms with Crippen LogP contribution in [0.2, 0.25) is 0 Å². The average Bonchev–Trinajstić information content (AvgIpc) is 2.22. The zero-order valence-corrected chi connectivity index (χ0v) is 9.46. The van der Waals surface area contributed by atoms with Gasteiger partial charge in [0.25, 0.3) is 0 Å². The van der Waals surface area contributed by atoms with Gasteiger partial charge in [0.1, 0.15) is 11.6 Å². The molecule has 0 atom stereocenters. The lowest BCUT2D eigenvalue weighted by molar-refractivity contribution is 0.241. The maximum atomic E-state index is 13.0. The monoisotopic (exact) mass is 222 g/mol. The first kappa shape index (κ1) is 12.5. The summed E-state index contributed by atoms with van der Waals surface area (Å²) in [5.41, 5.74) is 0.516. The van der Waals surface area contributed by atoms with Crippen LogP contribution in [0.3, 0.4) is 0 Å². The second kappa shape index (κ2) is 6.14. The van der Waals surface area contributed by atoms with Crippen LogP contribution in [0.15, 0.2) is 18.2 Å². The van der Waals surface area contributed by atoms with Crippen molar-refractivity contribution in [2.75, 3.05) is 6.61 Å². The Morgan fingerprint density at radius 2 is 2.19 bits per heavy atom. The number of benzene rings is 1. The van der Waals surface area contributed by atoms with Gasteiger partial charge in [0.2, 0.25) is 0 Å². The van der Waals surface area contributed by atoms with Gasteiger partial charge in [0.05, 0.1) is 18.3 Å². The maximum Gasteiger partial charge on any atom is 0.135 e. The molecule has 0 spiro atoms. The lowest BCUT2D eigenvalue weighted by atomic mass is 10.2. The van der Waals surface area contributed by atoms with Gasteiger partial charge in [0, 0.05) is 6.42 Å². The highest BCUT2D eigenvalue weighted by atomic mass is 19.1. The highest BCUT2D eigenvalue weighted by molar-refractivity contribution is 5.46. The van der Waals surface area contributed by atoms with Crippen LogP contribution in [-0.4, -0.2) is 17.8 Å². The van der Waals surface area contributed by atoms with Crippen molar-refractivity contribution < 1.29 is 14.2 Å². The Bertz CT molecular complexity index is 402. The molecule has 1 aromatic rings. The molecule has 0 saturated heterocycles. The molecule has 0 amide bonds. The van der Waals surface area contributed by atoms with Gasteiger partial charge in [-0.05, 0) is 32.0 Å². The summed E-state index contributed by atoms with van der Waals surface area (Å²) in [5.74, 6) is 5.76. The summed E-state index contributed by atoms with van der Waals surface area (Å²) in [6.45, 7) is 3.80.